The van der Waals surface area contributed by atoms with Crippen molar-refractivity contribution in [3.05, 3.63) is 81.5 Å². The quantitative estimate of drug-likeness (QED) is 0.472. The molecule has 0 aliphatic carbocycles. The summed E-state index contributed by atoms with van der Waals surface area (Å²) in [7, 11) is 0. The Morgan fingerprint density at radius 2 is 1.81 bits per heavy atom. The minimum atomic E-state index is -0.159. The van der Waals surface area contributed by atoms with Crippen molar-refractivity contribution in [2.45, 2.75) is 6.54 Å². The average Bonchev–Trinajstić information content (AvgIpc) is 3.49. The van der Waals surface area contributed by atoms with E-state index >= 15 is 0 Å². The third-order valence-corrected chi connectivity index (χ3v) is 7.36. The molecule has 2 amide bonds. The van der Waals surface area contributed by atoms with Gasteiger partial charge in [-0.15, -0.1) is 22.7 Å². The maximum absolute atomic E-state index is 13.0. The molecule has 1 aliphatic heterocycles. The van der Waals surface area contributed by atoms with Crippen LogP contribution in [0.2, 0.25) is 0 Å². The zero-order chi connectivity index (χ0) is 21.9. The lowest BCUT2D eigenvalue weighted by molar-refractivity contribution is 0.0628. The lowest BCUT2D eigenvalue weighted by Gasteiger charge is -2.34. The molecule has 0 atom stereocenters. The molecule has 3 heterocycles. The summed E-state index contributed by atoms with van der Waals surface area (Å²) in [5.41, 5.74) is 2.27. The molecule has 4 aromatic rings. The van der Waals surface area contributed by atoms with Crippen LogP contribution in [0.15, 0.2) is 66.0 Å². The van der Waals surface area contributed by atoms with Crippen LogP contribution in [0.1, 0.15) is 25.0 Å². The van der Waals surface area contributed by atoms with Crippen molar-refractivity contribution in [3.8, 4) is 0 Å². The molecule has 6 nitrogen and oxygen atoms in total. The largest absolute Gasteiger partial charge is 0.336 e. The van der Waals surface area contributed by atoms with E-state index in [1.165, 1.54) is 16.0 Å². The maximum atomic E-state index is 13.0. The molecule has 0 spiro atoms. The number of carbonyl (C=O) groups is 2. The van der Waals surface area contributed by atoms with Crippen molar-refractivity contribution in [1.82, 2.24) is 14.8 Å². The summed E-state index contributed by atoms with van der Waals surface area (Å²) < 4.78 is 1.21. The number of benzene rings is 2. The van der Waals surface area contributed by atoms with Crippen LogP contribution < -0.4 is 5.32 Å². The SMILES string of the molecule is O=C(Nc1cccc(C(=O)N2CCN(Cc3nc4ccccc4s3)CC2)c1)c1cccs1. The van der Waals surface area contributed by atoms with Crippen molar-refractivity contribution < 1.29 is 9.59 Å². The number of nitrogens with one attached hydrogen (secondary N) is 1. The van der Waals surface area contributed by atoms with E-state index < -0.39 is 0 Å². The molecule has 2 aromatic carbocycles. The molecule has 5 rings (SSSR count). The second-order valence-electron chi connectivity index (χ2n) is 7.66. The van der Waals surface area contributed by atoms with Crippen LogP contribution >= 0.6 is 22.7 Å². The van der Waals surface area contributed by atoms with Gasteiger partial charge in [0.2, 0.25) is 0 Å². The van der Waals surface area contributed by atoms with E-state index in [1.807, 2.05) is 34.5 Å². The van der Waals surface area contributed by atoms with Gasteiger partial charge in [-0.3, -0.25) is 14.5 Å². The zero-order valence-electron chi connectivity index (χ0n) is 17.4. The minimum absolute atomic E-state index is 0.00291. The number of aromatic nitrogens is 1. The molecule has 1 aliphatic rings. The number of hydrogen-bond acceptors (Lipinski definition) is 6. The fourth-order valence-corrected chi connectivity index (χ4v) is 5.43. The topological polar surface area (TPSA) is 65.5 Å². The normalized spacial score (nSPS) is 14.6. The van der Waals surface area contributed by atoms with Crippen LogP contribution in [0.4, 0.5) is 5.69 Å². The van der Waals surface area contributed by atoms with Gasteiger partial charge in [0.25, 0.3) is 11.8 Å². The van der Waals surface area contributed by atoms with E-state index in [2.05, 4.69) is 16.3 Å². The highest BCUT2D eigenvalue weighted by atomic mass is 32.1. The molecular weight excluding hydrogens is 440 g/mol. The average molecular weight is 463 g/mol. The van der Waals surface area contributed by atoms with Gasteiger partial charge in [0.05, 0.1) is 21.6 Å². The summed E-state index contributed by atoms with van der Waals surface area (Å²) in [5.74, 6) is -0.162. The van der Waals surface area contributed by atoms with Crippen molar-refractivity contribution in [2.24, 2.45) is 0 Å². The van der Waals surface area contributed by atoms with Gasteiger partial charge in [-0.2, -0.15) is 0 Å². The Morgan fingerprint density at radius 3 is 2.59 bits per heavy atom. The predicted molar refractivity (Wildman–Crippen MR) is 130 cm³/mol. The number of carbonyl (C=O) groups excluding carboxylic acids is 2. The van der Waals surface area contributed by atoms with E-state index in [0.717, 1.165) is 30.2 Å². The molecule has 32 heavy (non-hydrogen) atoms. The van der Waals surface area contributed by atoms with Gasteiger partial charge in [0.15, 0.2) is 0 Å². The maximum Gasteiger partial charge on any atom is 0.265 e. The van der Waals surface area contributed by atoms with Gasteiger partial charge in [-0.25, -0.2) is 4.98 Å². The minimum Gasteiger partial charge on any atom is -0.336 e. The van der Waals surface area contributed by atoms with Crippen molar-refractivity contribution >= 4 is 50.4 Å². The first-order valence-corrected chi connectivity index (χ1v) is 12.2. The lowest BCUT2D eigenvalue weighted by Crippen LogP contribution is -2.48. The number of thiazole rings is 1. The number of nitrogens with zero attached hydrogens (tertiary/aromatic N) is 3. The van der Waals surface area contributed by atoms with Gasteiger partial charge in [0, 0.05) is 37.4 Å². The van der Waals surface area contributed by atoms with Crippen molar-refractivity contribution in [3.63, 3.8) is 0 Å². The summed E-state index contributed by atoms with van der Waals surface area (Å²) >= 11 is 3.12. The Bertz CT molecular complexity index is 1210. The lowest BCUT2D eigenvalue weighted by atomic mass is 10.1. The van der Waals surface area contributed by atoms with E-state index in [4.69, 9.17) is 4.98 Å². The molecule has 1 N–H and O–H groups in total. The summed E-state index contributed by atoms with van der Waals surface area (Å²) in [6.45, 7) is 3.80. The molecule has 1 saturated heterocycles. The van der Waals surface area contributed by atoms with E-state index in [-0.39, 0.29) is 11.8 Å². The number of fused-ring (bicyclic) bond motifs is 1. The van der Waals surface area contributed by atoms with E-state index in [0.29, 0.717) is 29.2 Å². The van der Waals surface area contributed by atoms with Crippen LogP contribution in [0.5, 0.6) is 0 Å². The molecule has 0 radical (unpaired) electrons. The predicted octanol–water partition coefficient (Wildman–Crippen LogP) is 4.57. The number of hydrogen-bond donors (Lipinski definition) is 1. The van der Waals surface area contributed by atoms with Crippen LogP contribution in [0, 0.1) is 0 Å². The van der Waals surface area contributed by atoms with Crippen LogP contribution in [-0.4, -0.2) is 52.8 Å². The highest BCUT2D eigenvalue weighted by molar-refractivity contribution is 7.18. The Kier molecular flexibility index (Phi) is 5.98. The van der Waals surface area contributed by atoms with Gasteiger partial charge in [0.1, 0.15) is 5.01 Å². The smallest absolute Gasteiger partial charge is 0.265 e. The molecule has 8 heteroatoms. The Balaban J connectivity index is 1.18. The van der Waals surface area contributed by atoms with E-state index in [9.17, 15) is 9.59 Å². The molecule has 2 aromatic heterocycles. The Hall–Kier alpha value is -3.07. The van der Waals surface area contributed by atoms with Gasteiger partial charge in [-0.05, 0) is 41.8 Å². The molecule has 0 saturated carbocycles. The first-order chi connectivity index (χ1) is 15.7. The molecule has 1 fully saturated rings. The summed E-state index contributed by atoms with van der Waals surface area (Å²) in [6.07, 6.45) is 0. The number of thiophene rings is 1. The second kappa shape index (κ2) is 9.20. The highest BCUT2D eigenvalue weighted by Gasteiger charge is 2.23. The number of rotatable bonds is 5. The first-order valence-electron chi connectivity index (χ1n) is 10.5. The Morgan fingerprint density at radius 1 is 0.969 bits per heavy atom. The molecule has 0 bridgehead atoms. The zero-order valence-corrected chi connectivity index (χ0v) is 19.0. The molecule has 162 valence electrons. The van der Waals surface area contributed by atoms with Crippen molar-refractivity contribution in [1.29, 1.82) is 0 Å². The van der Waals surface area contributed by atoms with Crippen molar-refractivity contribution in [2.75, 3.05) is 31.5 Å². The first kappa shape index (κ1) is 20.8. The monoisotopic (exact) mass is 462 g/mol. The number of amides is 2. The summed E-state index contributed by atoms with van der Waals surface area (Å²) in [4.78, 5) is 34.9. The Labute approximate surface area is 194 Å². The van der Waals surface area contributed by atoms with Gasteiger partial charge < -0.3 is 10.2 Å². The summed E-state index contributed by atoms with van der Waals surface area (Å²) in [6, 6.07) is 19.0. The standard InChI is InChI=1S/C24H22N4O2S2/c29-23(21-9-4-14-31-21)25-18-6-3-5-17(15-18)24(30)28-12-10-27(11-13-28)16-22-26-19-7-1-2-8-20(19)32-22/h1-9,14-15H,10-13,16H2,(H,25,29). The number of piperazine rings is 1. The van der Waals surface area contributed by atoms with Crippen LogP contribution in [0.3, 0.4) is 0 Å². The third kappa shape index (κ3) is 4.57. The fraction of sp³-hybridized carbons (Fsp3) is 0.208. The van der Waals surface area contributed by atoms with Crippen LogP contribution in [-0.2, 0) is 6.54 Å². The molecular formula is C24H22N4O2S2. The van der Waals surface area contributed by atoms with Gasteiger partial charge >= 0.3 is 0 Å². The summed E-state index contributed by atoms with van der Waals surface area (Å²) in [5, 5.41) is 5.85. The highest BCUT2D eigenvalue weighted by Crippen LogP contribution is 2.23. The fourth-order valence-electron chi connectivity index (χ4n) is 3.80. The second-order valence-corrected chi connectivity index (χ2v) is 9.72. The van der Waals surface area contributed by atoms with Crippen LogP contribution in [0.25, 0.3) is 10.2 Å². The third-order valence-electron chi connectivity index (χ3n) is 5.47. The van der Waals surface area contributed by atoms with E-state index in [1.54, 1.807) is 41.7 Å². The number of anilines is 1. The molecule has 0 unspecified atom stereocenters. The number of para-hydroxylation sites is 1. The van der Waals surface area contributed by atoms with Gasteiger partial charge in [-0.1, -0.05) is 24.3 Å².